The predicted octanol–water partition coefficient (Wildman–Crippen LogP) is 1.17. The van der Waals surface area contributed by atoms with Crippen molar-refractivity contribution in [2.24, 2.45) is 0 Å². The molecule has 22 heavy (non-hydrogen) atoms. The summed E-state index contributed by atoms with van der Waals surface area (Å²) in [5.41, 5.74) is 0. The normalized spacial score (nSPS) is 17.2. The van der Waals surface area contributed by atoms with Gasteiger partial charge in [0.25, 0.3) is 0 Å². The van der Waals surface area contributed by atoms with Crippen molar-refractivity contribution in [3.8, 4) is 0 Å². The van der Waals surface area contributed by atoms with Crippen LogP contribution in [0.4, 0.5) is 0 Å². The van der Waals surface area contributed by atoms with Crippen LogP contribution in [-0.2, 0) is 20.0 Å². The van der Waals surface area contributed by atoms with Gasteiger partial charge < -0.3 is 0 Å². The second kappa shape index (κ2) is 7.08. The van der Waals surface area contributed by atoms with E-state index in [-0.39, 0.29) is 24.0 Å². The Morgan fingerprint density at radius 3 is 2.23 bits per heavy atom. The second-order valence-electron chi connectivity index (χ2n) is 5.52. The van der Waals surface area contributed by atoms with E-state index in [9.17, 15) is 16.8 Å². The first-order chi connectivity index (χ1) is 10.3. The molecule has 0 unspecified atom stereocenters. The van der Waals surface area contributed by atoms with Crippen LogP contribution in [0.2, 0.25) is 0 Å². The van der Waals surface area contributed by atoms with Gasteiger partial charge in [-0.3, -0.25) is 0 Å². The first kappa shape index (κ1) is 17.4. The largest absolute Gasteiger partial charge is 0.240 e. The van der Waals surface area contributed by atoms with Crippen molar-refractivity contribution in [3.05, 3.63) is 30.3 Å². The molecule has 0 aliphatic heterocycles. The highest BCUT2D eigenvalue weighted by atomic mass is 32.2. The molecule has 0 atom stereocenters. The minimum Gasteiger partial charge on any atom is -0.212 e. The van der Waals surface area contributed by atoms with Crippen LogP contribution in [0.1, 0.15) is 25.7 Å². The van der Waals surface area contributed by atoms with Crippen LogP contribution in [0.5, 0.6) is 0 Å². The topological polar surface area (TPSA) is 83.6 Å². The lowest BCUT2D eigenvalue weighted by Crippen LogP contribution is -2.43. The third kappa shape index (κ3) is 4.52. The van der Waals surface area contributed by atoms with Gasteiger partial charge in [-0.1, -0.05) is 31.0 Å². The summed E-state index contributed by atoms with van der Waals surface area (Å²) in [6, 6.07) is 8.05. The number of nitrogens with one attached hydrogen (secondary N) is 1. The van der Waals surface area contributed by atoms with Crippen LogP contribution in [0.3, 0.4) is 0 Å². The van der Waals surface area contributed by atoms with Crippen molar-refractivity contribution in [2.45, 2.75) is 36.6 Å². The first-order valence-corrected chi connectivity index (χ1v) is 10.7. The SMILES string of the molecule is CS(=O)(=O)N(CCNS(=O)(=O)c1ccccc1)C1CCCC1. The van der Waals surface area contributed by atoms with Gasteiger partial charge in [0.05, 0.1) is 11.2 Å². The Hall–Kier alpha value is -0.960. The Bertz CT molecular complexity index is 681. The highest BCUT2D eigenvalue weighted by Crippen LogP contribution is 2.24. The molecular weight excluding hydrogens is 324 g/mol. The van der Waals surface area contributed by atoms with Gasteiger partial charge in [-0.25, -0.2) is 21.6 Å². The van der Waals surface area contributed by atoms with Crippen LogP contribution in [-0.4, -0.2) is 46.5 Å². The molecule has 1 aromatic rings. The Morgan fingerprint density at radius 2 is 1.68 bits per heavy atom. The number of benzene rings is 1. The van der Waals surface area contributed by atoms with E-state index >= 15 is 0 Å². The number of rotatable bonds is 7. The van der Waals surface area contributed by atoms with Crippen molar-refractivity contribution in [3.63, 3.8) is 0 Å². The summed E-state index contributed by atoms with van der Waals surface area (Å²) in [6.07, 6.45) is 4.91. The maximum absolute atomic E-state index is 12.1. The molecule has 0 aromatic heterocycles. The van der Waals surface area contributed by atoms with Crippen LogP contribution in [0, 0.1) is 0 Å². The van der Waals surface area contributed by atoms with Crippen molar-refractivity contribution in [2.75, 3.05) is 19.3 Å². The van der Waals surface area contributed by atoms with Gasteiger partial charge >= 0.3 is 0 Å². The Morgan fingerprint density at radius 1 is 1.09 bits per heavy atom. The average molecular weight is 346 g/mol. The minimum absolute atomic E-state index is 0.00349. The molecule has 1 aliphatic rings. The van der Waals surface area contributed by atoms with Gasteiger partial charge in [-0.05, 0) is 25.0 Å². The predicted molar refractivity (Wildman–Crippen MR) is 85.4 cm³/mol. The summed E-state index contributed by atoms with van der Waals surface area (Å²) in [6.45, 7) is 0.233. The Labute approximate surface area is 132 Å². The van der Waals surface area contributed by atoms with Crippen molar-refractivity contribution >= 4 is 20.0 Å². The van der Waals surface area contributed by atoms with E-state index in [0.29, 0.717) is 0 Å². The lowest BCUT2D eigenvalue weighted by Gasteiger charge is -2.26. The lowest BCUT2D eigenvalue weighted by atomic mass is 10.2. The van der Waals surface area contributed by atoms with Crippen LogP contribution >= 0.6 is 0 Å². The van der Waals surface area contributed by atoms with E-state index < -0.39 is 20.0 Å². The number of nitrogens with zero attached hydrogens (tertiary/aromatic N) is 1. The molecule has 0 saturated heterocycles. The van der Waals surface area contributed by atoms with E-state index in [1.54, 1.807) is 18.2 Å². The maximum Gasteiger partial charge on any atom is 0.240 e. The highest BCUT2D eigenvalue weighted by molar-refractivity contribution is 7.89. The fraction of sp³-hybridized carbons (Fsp3) is 0.571. The van der Waals surface area contributed by atoms with Crippen molar-refractivity contribution in [1.29, 1.82) is 0 Å². The summed E-state index contributed by atoms with van der Waals surface area (Å²) in [5, 5.41) is 0. The summed E-state index contributed by atoms with van der Waals surface area (Å²) in [5.74, 6) is 0. The molecule has 0 radical (unpaired) electrons. The summed E-state index contributed by atoms with van der Waals surface area (Å²) in [4.78, 5) is 0.182. The number of hydrogen-bond acceptors (Lipinski definition) is 4. The fourth-order valence-electron chi connectivity index (χ4n) is 2.78. The van der Waals surface area contributed by atoms with Gasteiger partial charge in [0.2, 0.25) is 20.0 Å². The van der Waals surface area contributed by atoms with Gasteiger partial charge in [0, 0.05) is 19.1 Å². The second-order valence-corrected chi connectivity index (χ2v) is 9.22. The monoisotopic (exact) mass is 346 g/mol. The molecule has 8 heteroatoms. The average Bonchev–Trinajstić information content (AvgIpc) is 2.97. The standard InChI is InChI=1S/C14H22N2O4S2/c1-21(17,18)16(13-7-5-6-8-13)12-11-15-22(19,20)14-9-3-2-4-10-14/h2-4,9-10,13,15H,5-8,11-12H2,1H3. The molecule has 1 aromatic carbocycles. The molecule has 1 N–H and O–H groups in total. The van der Waals surface area contributed by atoms with Crippen molar-refractivity contribution < 1.29 is 16.8 Å². The zero-order valence-electron chi connectivity index (χ0n) is 12.6. The summed E-state index contributed by atoms with van der Waals surface area (Å²) >= 11 is 0. The van der Waals surface area contributed by atoms with Crippen LogP contribution < -0.4 is 4.72 Å². The zero-order chi connectivity index (χ0) is 16.2. The van der Waals surface area contributed by atoms with E-state index in [2.05, 4.69) is 4.72 Å². The quantitative estimate of drug-likeness (QED) is 0.803. The smallest absolute Gasteiger partial charge is 0.212 e. The van der Waals surface area contributed by atoms with E-state index in [1.165, 1.54) is 22.7 Å². The van der Waals surface area contributed by atoms with Gasteiger partial charge in [-0.15, -0.1) is 0 Å². The van der Waals surface area contributed by atoms with Gasteiger partial charge in [-0.2, -0.15) is 4.31 Å². The zero-order valence-corrected chi connectivity index (χ0v) is 14.2. The Kier molecular flexibility index (Phi) is 5.60. The molecule has 6 nitrogen and oxygen atoms in total. The first-order valence-electron chi connectivity index (χ1n) is 7.32. The van der Waals surface area contributed by atoms with Gasteiger partial charge in [0.15, 0.2) is 0 Å². The highest BCUT2D eigenvalue weighted by Gasteiger charge is 2.29. The fourth-order valence-corrected chi connectivity index (χ4v) is 5.00. The van der Waals surface area contributed by atoms with Gasteiger partial charge in [0.1, 0.15) is 0 Å². The third-order valence-corrected chi connectivity index (χ3v) is 6.65. The van der Waals surface area contributed by atoms with E-state index in [4.69, 9.17) is 0 Å². The molecule has 0 spiro atoms. The number of sulfonamides is 2. The van der Waals surface area contributed by atoms with Crippen LogP contribution in [0.25, 0.3) is 0 Å². The molecule has 0 heterocycles. The molecule has 124 valence electrons. The molecule has 1 fully saturated rings. The Balaban J connectivity index is 1.99. The molecule has 1 aliphatic carbocycles. The molecule has 0 amide bonds. The summed E-state index contributed by atoms with van der Waals surface area (Å²) < 4.78 is 51.9. The molecule has 2 rings (SSSR count). The number of hydrogen-bond donors (Lipinski definition) is 1. The van der Waals surface area contributed by atoms with E-state index in [0.717, 1.165) is 25.7 Å². The third-order valence-electron chi connectivity index (χ3n) is 3.84. The lowest BCUT2D eigenvalue weighted by molar-refractivity contribution is 0.328. The van der Waals surface area contributed by atoms with E-state index in [1.807, 2.05) is 0 Å². The molecule has 0 bridgehead atoms. The maximum atomic E-state index is 12.1. The summed E-state index contributed by atoms with van der Waals surface area (Å²) in [7, 11) is -6.93. The molecular formula is C14H22N2O4S2. The van der Waals surface area contributed by atoms with Crippen LogP contribution in [0.15, 0.2) is 35.2 Å². The van der Waals surface area contributed by atoms with Crippen molar-refractivity contribution in [1.82, 2.24) is 9.03 Å². The molecule has 1 saturated carbocycles. The minimum atomic E-state index is -3.60.